The van der Waals surface area contributed by atoms with Crippen molar-refractivity contribution in [2.45, 2.75) is 19.4 Å². The summed E-state index contributed by atoms with van der Waals surface area (Å²) in [6.07, 6.45) is 0. The quantitative estimate of drug-likeness (QED) is 0.575. The van der Waals surface area contributed by atoms with E-state index in [0.29, 0.717) is 5.88 Å². The molecule has 58 valence electrons. The second kappa shape index (κ2) is 4.37. The highest BCUT2D eigenvalue weighted by Crippen LogP contribution is 2.10. The third kappa shape index (κ3) is 4.01. The van der Waals surface area contributed by atoms with Gasteiger partial charge in [-0.2, -0.15) is 0 Å². The van der Waals surface area contributed by atoms with E-state index in [9.17, 15) is 0 Å². The number of alkyl halides is 1. The third-order valence-electron chi connectivity index (χ3n) is 1.54. The summed E-state index contributed by atoms with van der Waals surface area (Å²) in [5.74, 6) is 0.681. The van der Waals surface area contributed by atoms with Gasteiger partial charge in [0.15, 0.2) is 0 Å². The second-order valence-electron chi connectivity index (χ2n) is 2.84. The van der Waals surface area contributed by atoms with E-state index in [1.165, 1.54) is 0 Å². The minimum absolute atomic E-state index is 0. The molecule has 0 aliphatic carbocycles. The number of rotatable bonds is 2. The standard InChI is InChI=1S/C6H14ClN.ClH/c1-6(2,5-7)8(3)4;/h5H2,1-4H3;1H. The molecule has 9 heavy (non-hydrogen) atoms. The Kier molecular flexibility index (Phi) is 5.94. The van der Waals surface area contributed by atoms with Crippen LogP contribution < -0.4 is 0 Å². The topological polar surface area (TPSA) is 3.24 Å². The van der Waals surface area contributed by atoms with Gasteiger partial charge >= 0.3 is 0 Å². The molecule has 0 saturated heterocycles. The molecular formula is C6H15Cl2N. The first-order valence-electron chi connectivity index (χ1n) is 2.74. The molecule has 0 atom stereocenters. The Morgan fingerprint density at radius 3 is 1.67 bits per heavy atom. The first kappa shape index (κ1) is 12.2. The fourth-order valence-corrected chi connectivity index (χ4v) is 0.359. The average Bonchev–Trinajstić information content (AvgIpc) is 1.67. The van der Waals surface area contributed by atoms with Gasteiger partial charge in [0.25, 0.3) is 0 Å². The summed E-state index contributed by atoms with van der Waals surface area (Å²) in [6, 6.07) is 0. The molecule has 0 aliphatic heterocycles. The van der Waals surface area contributed by atoms with Crippen molar-refractivity contribution in [3.8, 4) is 0 Å². The van der Waals surface area contributed by atoms with Crippen LogP contribution in [-0.4, -0.2) is 30.4 Å². The van der Waals surface area contributed by atoms with Crippen LogP contribution in [0.25, 0.3) is 0 Å². The molecule has 0 bridgehead atoms. The number of nitrogens with zero attached hydrogens (tertiary/aromatic N) is 1. The summed E-state index contributed by atoms with van der Waals surface area (Å²) in [5.41, 5.74) is 0.140. The van der Waals surface area contributed by atoms with E-state index in [-0.39, 0.29) is 17.9 Å². The maximum atomic E-state index is 5.65. The molecule has 3 heteroatoms. The van der Waals surface area contributed by atoms with Crippen molar-refractivity contribution in [1.29, 1.82) is 0 Å². The Hall–Kier alpha value is 0.540. The van der Waals surface area contributed by atoms with E-state index in [1.54, 1.807) is 0 Å². The molecule has 1 nitrogen and oxygen atoms in total. The minimum atomic E-state index is 0. The molecule has 0 rings (SSSR count). The lowest BCUT2D eigenvalue weighted by Gasteiger charge is -2.29. The zero-order chi connectivity index (χ0) is 6.78. The van der Waals surface area contributed by atoms with Crippen molar-refractivity contribution in [2.24, 2.45) is 0 Å². The van der Waals surface area contributed by atoms with Gasteiger partial charge in [-0.3, -0.25) is 0 Å². The van der Waals surface area contributed by atoms with Crippen LogP contribution in [0.4, 0.5) is 0 Å². The Balaban J connectivity index is 0. The molecule has 0 unspecified atom stereocenters. The van der Waals surface area contributed by atoms with Crippen LogP contribution in [0.2, 0.25) is 0 Å². The van der Waals surface area contributed by atoms with Crippen molar-refractivity contribution in [2.75, 3.05) is 20.0 Å². The van der Waals surface area contributed by atoms with Crippen molar-refractivity contribution in [3.05, 3.63) is 0 Å². The van der Waals surface area contributed by atoms with Crippen LogP contribution in [0.1, 0.15) is 13.8 Å². The van der Waals surface area contributed by atoms with Gasteiger partial charge in [0.05, 0.1) is 0 Å². The Labute approximate surface area is 68.8 Å². The van der Waals surface area contributed by atoms with Gasteiger partial charge in [-0.1, -0.05) is 0 Å². The molecule has 0 radical (unpaired) electrons. The maximum absolute atomic E-state index is 5.65. The molecule has 0 spiro atoms. The number of hydrogen-bond acceptors (Lipinski definition) is 1. The zero-order valence-electron chi connectivity index (χ0n) is 6.44. The van der Waals surface area contributed by atoms with Gasteiger partial charge in [-0.25, -0.2) is 0 Å². The highest BCUT2D eigenvalue weighted by atomic mass is 35.5. The molecule has 0 saturated carbocycles. The maximum Gasteiger partial charge on any atom is 0.0402 e. The van der Waals surface area contributed by atoms with E-state index in [0.717, 1.165) is 0 Å². The van der Waals surface area contributed by atoms with Crippen molar-refractivity contribution in [3.63, 3.8) is 0 Å². The normalized spacial score (nSPS) is 11.3. The molecular weight excluding hydrogens is 157 g/mol. The molecule has 0 fully saturated rings. The van der Waals surface area contributed by atoms with Crippen molar-refractivity contribution < 1.29 is 0 Å². The highest BCUT2D eigenvalue weighted by molar-refractivity contribution is 6.18. The Morgan fingerprint density at radius 1 is 1.33 bits per heavy atom. The van der Waals surface area contributed by atoms with Gasteiger partial charge < -0.3 is 4.90 Å². The molecule has 0 N–H and O–H groups in total. The zero-order valence-corrected chi connectivity index (χ0v) is 8.01. The summed E-state index contributed by atoms with van der Waals surface area (Å²) in [7, 11) is 4.06. The summed E-state index contributed by atoms with van der Waals surface area (Å²) >= 11 is 5.65. The average molecular weight is 172 g/mol. The predicted octanol–water partition coefficient (Wildman–Crippen LogP) is 1.99. The van der Waals surface area contributed by atoms with E-state index in [2.05, 4.69) is 18.7 Å². The summed E-state index contributed by atoms with van der Waals surface area (Å²) in [5, 5.41) is 0. The van der Waals surface area contributed by atoms with Gasteiger partial charge in [-0.15, -0.1) is 24.0 Å². The molecule has 0 aliphatic rings. The largest absolute Gasteiger partial charge is 0.303 e. The van der Waals surface area contributed by atoms with E-state index < -0.39 is 0 Å². The minimum Gasteiger partial charge on any atom is -0.303 e. The second-order valence-corrected chi connectivity index (χ2v) is 3.11. The summed E-state index contributed by atoms with van der Waals surface area (Å²) in [4.78, 5) is 2.11. The molecule has 0 aromatic carbocycles. The monoisotopic (exact) mass is 171 g/mol. The summed E-state index contributed by atoms with van der Waals surface area (Å²) < 4.78 is 0. The first-order valence-corrected chi connectivity index (χ1v) is 3.27. The van der Waals surface area contributed by atoms with E-state index in [4.69, 9.17) is 11.6 Å². The molecule has 0 aromatic heterocycles. The number of halogens is 2. The lowest BCUT2D eigenvalue weighted by Crippen LogP contribution is -2.39. The fourth-order valence-electron chi connectivity index (χ4n) is 0.120. The number of hydrogen-bond donors (Lipinski definition) is 0. The smallest absolute Gasteiger partial charge is 0.0402 e. The Morgan fingerprint density at radius 2 is 1.67 bits per heavy atom. The van der Waals surface area contributed by atoms with E-state index in [1.807, 2.05) is 14.1 Å². The lowest BCUT2D eigenvalue weighted by atomic mass is 10.1. The van der Waals surface area contributed by atoms with E-state index >= 15 is 0 Å². The van der Waals surface area contributed by atoms with Crippen LogP contribution in [0.15, 0.2) is 0 Å². The van der Waals surface area contributed by atoms with Crippen molar-refractivity contribution in [1.82, 2.24) is 4.90 Å². The Bertz CT molecular complexity index is 71.5. The van der Waals surface area contributed by atoms with Gasteiger partial charge in [-0.05, 0) is 27.9 Å². The van der Waals surface area contributed by atoms with Crippen LogP contribution >= 0.6 is 24.0 Å². The van der Waals surface area contributed by atoms with Crippen LogP contribution in [0, 0.1) is 0 Å². The van der Waals surface area contributed by atoms with Crippen LogP contribution in [0.5, 0.6) is 0 Å². The predicted molar refractivity (Wildman–Crippen MR) is 45.7 cm³/mol. The molecule has 0 heterocycles. The first-order chi connectivity index (χ1) is 3.50. The molecule has 0 amide bonds. The van der Waals surface area contributed by atoms with Gasteiger partial charge in [0, 0.05) is 11.4 Å². The van der Waals surface area contributed by atoms with Crippen LogP contribution in [-0.2, 0) is 0 Å². The lowest BCUT2D eigenvalue weighted by molar-refractivity contribution is 0.223. The third-order valence-corrected chi connectivity index (χ3v) is 2.19. The molecule has 0 aromatic rings. The van der Waals surface area contributed by atoms with Gasteiger partial charge in [0.2, 0.25) is 0 Å². The highest BCUT2D eigenvalue weighted by Gasteiger charge is 2.17. The van der Waals surface area contributed by atoms with Crippen molar-refractivity contribution >= 4 is 24.0 Å². The fraction of sp³-hybridized carbons (Fsp3) is 1.00. The SMILES string of the molecule is CN(C)C(C)(C)CCl.Cl. The summed E-state index contributed by atoms with van der Waals surface area (Å²) in [6.45, 7) is 4.22. The van der Waals surface area contributed by atoms with Crippen LogP contribution in [0.3, 0.4) is 0 Å². The van der Waals surface area contributed by atoms with Gasteiger partial charge in [0.1, 0.15) is 0 Å².